The van der Waals surface area contributed by atoms with Crippen LogP contribution >= 0.6 is 26.6 Å². The number of rotatable bonds is 2. The monoisotopic (exact) mass is 369 g/mol. The molecule has 1 aliphatic rings. The second-order valence-electron chi connectivity index (χ2n) is 4.83. The summed E-state index contributed by atoms with van der Waals surface area (Å²) in [4.78, 5) is 13.7. The Morgan fingerprint density at radius 2 is 2.16 bits per heavy atom. The largest absolute Gasteiger partial charge is 0.443 e. The van der Waals surface area contributed by atoms with Crippen LogP contribution in [-0.4, -0.2) is 31.8 Å². The van der Waals surface area contributed by atoms with E-state index in [0.29, 0.717) is 12.5 Å². The highest BCUT2D eigenvalue weighted by molar-refractivity contribution is 9.10. The molecule has 2 atom stereocenters. The topological polar surface area (TPSA) is 67.6 Å². The Balaban J connectivity index is 2.31. The second kappa shape index (κ2) is 5.10. The van der Waals surface area contributed by atoms with Gasteiger partial charge in [0.1, 0.15) is 4.90 Å². The lowest BCUT2D eigenvalue weighted by Gasteiger charge is -2.19. The fourth-order valence-electron chi connectivity index (χ4n) is 2.35. The summed E-state index contributed by atoms with van der Waals surface area (Å²) in [5.41, 5.74) is 0. The number of halogens is 2. The average Bonchev–Trinajstić information content (AvgIpc) is 2.80. The van der Waals surface area contributed by atoms with Gasteiger partial charge in [-0.2, -0.15) is 0 Å². The fourth-order valence-corrected chi connectivity index (χ4v) is 4.38. The normalized spacial score (nSPS) is 23.9. The van der Waals surface area contributed by atoms with Gasteiger partial charge < -0.3 is 9.32 Å². The first kappa shape index (κ1) is 14.9. The summed E-state index contributed by atoms with van der Waals surface area (Å²) < 4.78 is 27.7. The standard InChI is InChI=1S/C11H13BrClNO4S/c1-6-3-7(2)14(5-6)11(15)8-4-9(10(12)18-8)19(13,16)17/h4,6-7H,3,5H2,1-2H3. The molecule has 0 aliphatic carbocycles. The molecule has 19 heavy (non-hydrogen) atoms. The van der Waals surface area contributed by atoms with E-state index in [4.69, 9.17) is 15.1 Å². The van der Waals surface area contributed by atoms with Crippen molar-refractivity contribution in [1.82, 2.24) is 4.90 Å². The number of amides is 1. The summed E-state index contributed by atoms with van der Waals surface area (Å²) in [6.07, 6.45) is 0.925. The molecule has 2 unspecified atom stereocenters. The minimum absolute atomic E-state index is 0.0212. The van der Waals surface area contributed by atoms with E-state index in [1.165, 1.54) is 0 Å². The van der Waals surface area contributed by atoms with Gasteiger partial charge in [0.15, 0.2) is 10.4 Å². The van der Waals surface area contributed by atoms with Crippen LogP contribution in [0, 0.1) is 5.92 Å². The van der Waals surface area contributed by atoms with Crippen molar-refractivity contribution in [3.63, 3.8) is 0 Å². The van der Waals surface area contributed by atoms with Crippen molar-refractivity contribution in [2.45, 2.75) is 31.2 Å². The van der Waals surface area contributed by atoms with Gasteiger partial charge in [-0.25, -0.2) is 8.42 Å². The maximum atomic E-state index is 12.3. The zero-order chi connectivity index (χ0) is 14.4. The minimum Gasteiger partial charge on any atom is -0.443 e. The highest BCUT2D eigenvalue weighted by Gasteiger charge is 2.33. The van der Waals surface area contributed by atoms with E-state index in [0.717, 1.165) is 12.5 Å². The predicted octanol–water partition coefficient (Wildman–Crippen LogP) is 2.84. The Labute approximate surface area is 124 Å². The highest BCUT2D eigenvalue weighted by atomic mass is 79.9. The Kier molecular flexibility index (Phi) is 3.99. The molecular weight excluding hydrogens is 358 g/mol. The Bertz CT molecular complexity index is 612. The summed E-state index contributed by atoms with van der Waals surface area (Å²) in [5.74, 6) is 0.0877. The van der Waals surface area contributed by atoms with Crippen molar-refractivity contribution in [2.24, 2.45) is 5.92 Å². The van der Waals surface area contributed by atoms with Crippen molar-refractivity contribution >= 4 is 41.6 Å². The molecule has 0 bridgehead atoms. The molecule has 1 saturated heterocycles. The van der Waals surface area contributed by atoms with Gasteiger partial charge >= 0.3 is 0 Å². The second-order valence-corrected chi connectivity index (χ2v) is 8.09. The molecule has 2 heterocycles. The van der Waals surface area contributed by atoms with E-state index in [1.807, 2.05) is 6.92 Å². The van der Waals surface area contributed by atoms with E-state index in [1.54, 1.807) is 4.90 Å². The van der Waals surface area contributed by atoms with Crippen LogP contribution in [0.15, 0.2) is 20.0 Å². The first-order chi connectivity index (χ1) is 8.70. The van der Waals surface area contributed by atoms with Gasteiger partial charge in [-0.3, -0.25) is 4.79 Å². The molecule has 1 aromatic heterocycles. The molecule has 1 amide bonds. The molecule has 5 nitrogen and oxygen atoms in total. The van der Waals surface area contributed by atoms with Gasteiger partial charge in [0.05, 0.1) is 0 Å². The lowest BCUT2D eigenvalue weighted by Crippen LogP contribution is -2.33. The quantitative estimate of drug-likeness (QED) is 0.751. The lowest BCUT2D eigenvalue weighted by atomic mass is 10.1. The maximum Gasteiger partial charge on any atom is 0.289 e. The van der Waals surface area contributed by atoms with Gasteiger partial charge in [0, 0.05) is 29.3 Å². The van der Waals surface area contributed by atoms with E-state index < -0.39 is 9.05 Å². The number of hydrogen-bond acceptors (Lipinski definition) is 4. The number of likely N-dealkylation sites (tertiary alicyclic amines) is 1. The Hall–Kier alpha value is -0.530. The van der Waals surface area contributed by atoms with E-state index in [-0.39, 0.29) is 27.3 Å². The molecule has 0 N–H and O–H groups in total. The van der Waals surface area contributed by atoms with Crippen LogP contribution in [-0.2, 0) is 9.05 Å². The van der Waals surface area contributed by atoms with Crippen LogP contribution in [0.25, 0.3) is 0 Å². The number of carbonyl (C=O) groups is 1. The van der Waals surface area contributed by atoms with Gasteiger partial charge in [0.25, 0.3) is 15.0 Å². The molecule has 8 heteroatoms. The Morgan fingerprint density at radius 1 is 1.53 bits per heavy atom. The molecule has 1 aromatic rings. The number of hydrogen-bond donors (Lipinski definition) is 0. The summed E-state index contributed by atoms with van der Waals surface area (Å²) >= 11 is 2.96. The average molecular weight is 371 g/mol. The van der Waals surface area contributed by atoms with Crippen LogP contribution in [0.5, 0.6) is 0 Å². The maximum absolute atomic E-state index is 12.3. The van der Waals surface area contributed by atoms with Crippen LogP contribution in [0.4, 0.5) is 0 Å². The third kappa shape index (κ3) is 2.98. The highest BCUT2D eigenvalue weighted by Crippen LogP contribution is 2.31. The van der Waals surface area contributed by atoms with E-state index in [9.17, 15) is 13.2 Å². The zero-order valence-corrected chi connectivity index (χ0v) is 13.5. The van der Waals surface area contributed by atoms with Gasteiger partial charge in [-0.05, 0) is 35.2 Å². The van der Waals surface area contributed by atoms with E-state index >= 15 is 0 Å². The SMILES string of the molecule is CC1CC(C)N(C(=O)c2cc(S(=O)(=O)Cl)c(Br)o2)C1. The predicted molar refractivity (Wildman–Crippen MR) is 73.7 cm³/mol. The third-order valence-corrected chi connectivity index (χ3v) is 5.35. The number of nitrogens with zero attached hydrogens (tertiary/aromatic N) is 1. The molecule has 0 aromatic carbocycles. The molecule has 2 rings (SSSR count). The van der Waals surface area contributed by atoms with Crippen molar-refractivity contribution in [3.05, 3.63) is 16.5 Å². The minimum atomic E-state index is -3.93. The summed E-state index contributed by atoms with van der Waals surface area (Å²) in [5, 5.41) is 0. The molecule has 1 aliphatic heterocycles. The molecule has 106 valence electrons. The van der Waals surface area contributed by atoms with Crippen molar-refractivity contribution in [2.75, 3.05) is 6.54 Å². The molecule has 0 spiro atoms. The number of furan rings is 1. The van der Waals surface area contributed by atoms with Gasteiger partial charge in [-0.15, -0.1) is 0 Å². The molecular formula is C11H13BrClNO4S. The summed E-state index contributed by atoms with van der Waals surface area (Å²) in [7, 11) is 1.32. The fraction of sp³-hybridized carbons (Fsp3) is 0.545. The third-order valence-electron chi connectivity index (χ3n) is 3.17. The van der Waals surface area contributed by atoms with Crippen LogP contribution in [0.3, 0.4) is 0 Å². The molecule has 0 radical (unpaired) electrons. The van der Waals surface area contributed by atoms with Crippen molar-refractivity contribution < 1.29 is 17.6 Å². The van der Waals surface area contributed by atoms with Crippen molar-refractivity contribution in [3.8, 4) is 0 Å². The van der Waals surface area contributed by atoms with Gasteiger partial charge in [-0.1, -0.05) is 6.92 Å². The van der Waals surface area contributed by atoms with Crippen LogP contribution in [0.1, 0.15) is 30.8 Å². The zero-order valence-electron chi connectivity index (χ0n) is 10.4. The number of carbonyl (C=O) groups excluding carboxylic acids is 1. The summed E-state index contributed by atoms with van der Waals surface area (Å²) in [6, 6.07) is 1.27. The van der Waals surface area contributed by atoms with Crippen LogP contribution in [0.2, 0.25) is 0 Å². The van der Waals surface area contributed by atoms with Crippen molar-refractivity contribution in [1.29, 1.82) is 0 Å². The van der Waals surface area contributed by atoms with Gasteiger partial charge in [0.2, 0.25) is 0 Å². The first-order valence-corrected chi connectivity index (χ1v) is 8.85. The molecule has 0 saturated carbocycles. The molecule has 1 fully saturated rings. The lowest BCUT2D eigenvalue weighted by molar-refractivity contribution is 0.0710. The Morgan fingerprint density at radius 3 is 2.58 bits per heavy atom. The smallest absolute Gasteiger partial charge is 0.289 e. The summed E-state index contributed by atoms with van der Waals surface area (Å²) in [6.45, 7) is 4.66. The van der Waals surface area contributed by atoms with E-state index in [2.05, 4.69) is 22.9 Å². The first-order valence-electron chi connectivity index (χ1n) is 5.75. The van der Waals surface area contributed by atoms with Crippen LogP contribution < -0.4 is 0 Å².